The first kappa shape index (κ1) is 79.6. The molecule has 2 aromatic heterocycles. The molecule has 4 aromatic rings. The third kappa shape index (κ3) is 22.7. The number of ether oxygens (including phenoxy) is 2. The lowest BCUT2D eigenvalue weighted by Crippen LogP contribution is -2.59. The number of sulfone groups is 1. The molecule has 2 aromatic carbocycles. The Morgan fingerprint density at radius 1 is 0.722 bits per heavy atom. The lowest BCUT2D eigenvalue weighted by Gasteiger charge is -2.41. The summed E-state index contributed by atoms with van der Waals surface area (Å²) in [5, 5.41) is 20.1. The van der Waals surface area contributed by atoms with E-state index < -0.39 is 112 Å². The molecule has 1 aliphatic rings. The molecule has 11 atom stereocenters. The summed E-state index contributed by atoms with van der Waals surface area (Å²) >= 11 is 0. The third-order valence-corrected chi connectivity index (χ3v) is 19.1. The topological polar surface area (TPSA) is 357 Å². The van der Waals surface area contributed by atoms with Crippen LogP contribution in [0.5, 0.6) is 0 Å². The molecule has 3 heterocycles. The van der Waals surface area contributed by atoms with Gasteiger partial charge in [-0.2, -0.15) is 0 Å². The molecule has 0 aliphatic carbocycles. The number of urea groups is 1. The van der Waals surface area contributed by atoms with Crippen molar-refractivity contribution in [1.29, 1.82) is 0 Å². The summed E-state index contributed by atoms with van der Waals surface area (Å²) in [6, 6.07) is 11.2. The minimum atomic E-state index is -3.61. The second-order valence-electron chi connectivity index (χ2n) is 26.7. The van der Waals surface area contributed by atoms with E-state index >= 15 is 0 Å². The molecule has 97 heavy (non-hydrogen) atoms. The van der Waals surface area contributed by atoms with E-state index in [0.29, 0.717) is 61.1 Å². The summed E-state index contributed by atoms with van der Waals surface area (Å²) < 4.78 is 38.5. The number of fused-ring (bicyclic) bond motifs is 1. The van der Waals surface area contributed by atoms with Crippen molar-refractivity contribution in [2.75, 3.05) is 60.0 Å². The van der Waals surface area contributed by atoms with Crippen molar-refractivity contribution in [2.24, 2.45) is 35.3 Å². The normalized spacial score (nSPS) is 16.5. The van der Waals surface area contributed by atoms with Gasteiger partial charge in [0, 0.05) is 78.4 Å². The van der Waals surface area contributed by atoms with E-state index in [2.05, 4.69) is 47.2 Å². The number of carbonyl (C=O) groups excluding carboxylic acids is 9. The van der Waals surface area contributed by atoms with E-state index in [0.717, 1.165) is 11.8 Å². The van der Waals surface area contributed by atoms with Gasteiger partial charge in [0.25, 0.3) is 0 Å². The zero-order valence-corrected chi connectivity index (χ0v) is 60.0. The van der Waals surface area contributed by atoms with E-state index in [9.17, 15) is 51.6 Å². The molecule has 1 fully saturated rings. The van der Waals surface area contributed by atoms with Crippen molar-refractivity contribution in [3.63, 3.8) is 0 Å². The Labute approximate surface area is 571 Å². The van der Waals surface area contributed by atoms with E-state index in [4.69, 9.17) is 15.2 Å². The monoisotopic (exact) mass is 1370 g/mol. The van der Waals surface area contributed by atoms with Gasteiger partial charge in [0.2, 0.25) is 47.3 Å². The fourth-order valence-corrected chi connectivity index (χ4v) is 13.5. The van der Waals surface area contributed by atoms with Crippen LogP contribution in [0.3, 0.4) is 0 Å². The molecule has 0 bridgehead atoms. The first-order valence-corrected chi connectivity index (χ1v) is 35.5. The highest BCUT2D eigenvalue weighted by Crippen LogP contribution is 2.30. The highest BCUT2D eigenvalue weighted by atomic mass is 32.2. The van der Waals surface area contributed by atoms with Gasteiger partial charge >= 0.3 is 6.03 Å². The zero-order chi connectivity index (χ0) is 72.0. The number of anilines is 1. The van der Waals surface area contributed by atoms with E-state index in [1.54, 1.807) is 78.7 Å². The van der Waals surface area contributed by atoms with Crippen LogP contribution in [-0.4, -0.2) is 200 Å². The minimum Gasteiger partial charge on any atom is -0.379 e. The maximum absolute atomic E-state index is 14.6. The van der Waals surface area contributed by atoms with Crippen molar-refractivity contribution in [1.82, 2.24) is 61.1 Å². The highest BCUT2D eigenvalue weighted by molar-refractivity contribution is 7.90. The summed E-state index contributed by atoms with van der Waals surface area (Å²) in [7, 11) is 4.78. The van der Waals surface area contributed by atoms with E-state index in [1.165, 1.54) is 20.5 Å². The number of aromatic nitrogens is 3. The molecule has 27 nitrogen and oxygen atoms in total. The third-order valence-electron chi connectivity index (χ3n) is 18.1. The predicted molar refractivity (Wildman–Crippen MR) is 370 cm³/mol. The largest absolute Gasteiger partial charge is 0.379 e. The fourth-order valence-electron chi connectivity index (χ4n) is 12.7. The van der Waals surface area contributed by atoms with Gasteiger partial charge in [0.1, 0.15) is 36.1 Å². The molecule has 0 saturated carbocycles. The van der Waals surface area contributed by atoms with Gasteiger partial charge in [0.05, 0.1) is 48.1 Å². The molecule has 28 heteroatoms. The smallest absolute Gasteiger partial charge is 0.312 e. The van der Waals surface area contributed by atoms with Crippen molar-refractivity contribution in [3.05, 3.63) is 84.3 Å². The van der Waals surface area contributed by atoms with E-state index in [-0.39, 0.29) is 85.7 Å². The summed E-state index contributed by atoms with van der Waals surface area (Å²) in [5.41, 5.74) is 7.49. The van der Waals surface area contributed by atoms with Crippen LogP contribution in [0.25, 0.3) is 11.0 Å². The van der Waals surface area contributed by atoms with Gasteiger partial charge in [-0.1, -0.05) is 111 Å². The lowest BCUT2D eigenvalue weighted by atomic mass is 9.89. The average molecular weight is 1370 g/mol. The number of aryl methyl sites for hydroxylation is 1. The number of primary amides is 1. The van der Waals surface area contributed by atoms with Crippen LogP contribution in [0.1, 0.15) is 125 Å². The molecule has 1 aliphatic heterocycles. The molecule has 9 N–H and O–H groups in total. The van der Waals surface area contributed by atoms with Crippen LogP contribution >= 0.6 is 0 Å². The molecule has 1 saturated heterocycles. The SMILES string of the molecule is CC[C@H](C)[C@@H]([C@@H](CC(=O)N1CCC[C@H]1[C@H](OC)[C@@H](C)C(=O)N[C@@H](Cc1ccccc1)C(=O)NCc1ccc(NC(=O)[C@H](CCCNC(N)=O)NC(=O)[C@@H](NC(=O)CCCn2ccc3c(S(C)(=O)=O)ncnc32)C(C)C)cc1)OC)N(C)C(=O)[C@@H](NC(=O)[C@H](C(C)C)N(C)C)C(C)C. The molecule has 10 amide bonds. The Bertz CT molecular complexity index is 3400. The van der Waals surface area contributed by atoms with Crippen LogP contribution in [0.2, 0.25) is 0 Å². The number of nitrogens with one attached hydrogen (secondary N) is 7. The van der Waals surface area contributed by atoms with Crippen molar-refractivity contribution >= 4 is 79.8 Å². The maximum Gasteiger partial charge on any atom is 0.312 e. The molecule has 0 radical (unpaired) electrons. The number of likely N-dealkylation sites (tertiary alicyclic amines) is 1. The first-order chi connectivity index (χ1) is 45.8. The zero-order valence-electron chi connectivity index (χ0n) is 59.2. The number of methoxy groups -OCH3 is 2. The summed E-state index contributed by atoms with van der Waals surface area (Å²) in [6.07, 6.45) is 5.03. The Morgan fingerprint density at radius 2 is 1.38 bits per heavy atom. The predicted octanol–water partition coefficient (Wildman–Crippen LogP) is 4.32. The molecule has 536 valence electrons. The number of hydrogen-bond donors (Lipinski definition) is 8. The number of likely N-dealkylation sites (N-methyl/N-ethyl adjacent to an activating group) is 2. The number of benzene rings is 2. The number of rotatable bonds is 38. The van der Waals surface area contributed by atoms with Crippen LogP contribution in [0.4, 0.5) is 10.5 Å². The van der Waals surface area contributed by atoms with Gasteiger partial charge in [-0.3, -0.25) is 43.3 Å². The van der Waals surface area contributed by atoms with Crippen LogP contribution in [0.15, 0.2) is 78.2 Å². The number of amides is 10. The Hall–Kier alpha value is -8.08. The van der Waals surface area contributed by atoms with Gasteiger partial charge in [-0.15, -0.1) is 0 Å². The Kier molecular flexibility index (Phi) is 30.9. The number of hydrogen-bond acceptors (Lipinski definition) is 16. The van der Waals surface area contributed by atoms with Gasteiger partial charge in [-0.05, 0) is 99.2 Å². The van der Waals surface area contributed by atoms with Crippen molar-refractivity contribution < 1.29 is 61.0 Å². The Balaban J connectivity index is 1.23. The van der Waals surface area contributed by atoms with Crippen LogP contribution < -0.4 is 43.0 Å². The number of carbonyl (C=O) groups is 9. The molecular weight excluding hydrogens is 1260 g/mol. The summed E-state index contributed by atoms with van der Waals surface area (Å²) in [4.78, 5) is 138. The van der Waals surface area contributed by atoms with Crippen molar-refractivity contribution in [2.45, 2.75) is 193 Å². The molecule has 5 rings (SSSR count). The van der Waals surface area contributed by atoms with Crippen LogP contribution in [0, 0.1) is 29.6 Å². The quantitative estimate of drug-likeness (QED) is 0.0229. The average Bonchev–Trinajstić information content (AvgIpc) is 1.22. The summed E-state index contributed by atoms with van der Waals surface area (Å²) in [5.74, 6) is -4.90. The number of nitrogens with two attached hydrogens (primary N) is 1. The molecule has 0 unspecified atom stereocenters. The maximum atomic E-state index is 14.6. The van der Waals surface area contributed by atoms with Gasteiger partial charge in [-0.25, -0.2) is 23.2 Å². The standard InChI is InChI=1S/C69H106N14O13S/c1-16-44(8)59(81(12)68(91)57(42(4)5)79-66(90)58(43(6)7)80(10)11)53(95-13)38-55(85)83-35-21-26-52(83)60(96-14)45(9)62(86)77-51(37-46-23-18-17-19-24-46)63(87)72-39-47-28-30-48(31-29-47)75-64(88)50(25-20-33-71-69(70)92)76-65(89)56(41(2)3)78-54(84)27-22-34-82-36-32-49-61(82)73-40-74-67(49)97(15,93)94/h17-19,23-24,28-32,36,40-45,50-53,56-60H,16,20-22,25-27,33-35,37-39H2,1-15H3,(H,72,87)(H,75,88)(H,76,89)(H,77,86)(H,78,84)(H,79,90)(H3,70,71,92)/t44-,45+,50-,51-,52-,53+,56-,57-,58-,59-,60+/m0/s1. The second-order valence-corrected chi connectivity index (χ2v) is 28.6. The van der Waals surface area contributed by atoms with Gasteiger partial charge < -0.3 is 66.8 Å². The van der Waals surface area contributed by atoms with Gasteiger partial charge in [0.15, 0.2) is 14.9 Å². The van der Waals surface area contributed by atoms with Crippen molar-refractivity contribution in [3.8, 4) is 0 Å². The minimum absolute atomic E-state index is 0.00770. The fraction of sp³-hybridized carbons (Fsp3) is 0.609. The second kappa shape index (κ2) is 37.6. The van der Waals surface area contributed by atoms with Crippen LogP contribution in [-0.2, 0) is 77.2 Å². The lowest BCUT2D eigenvalue weighted by molar-refractivity contribution is -0.148. The number of nitrogens with zero attached hydrogens (tertiary/aromatic N) is 6. The first-order valence-electron chi connectivity index (χ1n) is 33.6. The Morgan fingerprint density at radius 3 is 1.97 bits per heavy atom. The summed E-state index contributed by atoms with van der Waals surface area (Å²) in [6.45, 7) is 17.8. The van der Waals surface area contributed by atoms with E-state index in [1.807, 2.05) is 90.9 Å². The molecular formula is C69H106N14O13S. The molecule has 0 spiro atoms. The highest BCUT2D eigenvalue weighted by Gasteiger charge is 2.44.